The number of aromatic nitrogens is 1. The molecular formula is C17H13ClN2O2S. The van der Waals surface area contributed by atoms with Gasteiger partial charge in [-0.3, -0.25) is 4.79 Å². The topological polar surface area (TPSA) is 51.2 Å². The van der Waals surface area contributed by atoms with Crippen LogP contribution in [-0.2, 0) is 0 Å². The molecule has 4 nitrogen and oxygen atoms in total. The van der Waals surface area contributed by atoms with Crippen molar-refractivity contribution >= 4 is 34.5 Å². The Bertz CT molecular complexity index is 834. The maximum atomic E-state index is 12.3. The monoisotopic (exact) mass is 344 g/mol. The lowest BCUT2D eigenvalue weighted by molar-refractivity contribution is 0.103. The number of carbonyl (C=O) groups excluding carboxylic acids is 1. The Morgan fingerprint density at radius 1 is 1.22 bits per heavy atom. The number of hydrogen-bond donors (Lipinski definition) is 1. The van der Waals surface area contributed by atoms with E-state index in [0.29, 0.717) is 21.3 Å². The molecule has 1 amide bonds. The number of ether oxygens (including phenoxy) is 1. The number of halogens is 1. The summed E-state index contributed by atoms with van der Waals surface area (Å²) in [5, 5.41) is 4.06. The summed E-state index contributed by atoms with van der Waals surface area (Å²) in [6.07, 6.45) is 1.58. The van der Waals surface area contributed by atoms with Gasteiger partial charge in [-0.2, -0.15) is 0 Å². The van der Waals surface area contributed by atoms with Crippen LogP contribution in [0.15, 0.2) is 54.7 Å². The summed E-state index contributed by atoms with van der Waals surface area (Å²) in [6, 6.07) is 14.8. The third-order valence-corrected chi connectivity index (χ3v) is 4.50. The van der Waals surface area contributed by atoms with Crippen LogP contribution in [0.2, 0.25) is 5.02 Å². The van der Waals surface area contributed by atoms with E-state index >= 15 is 0 Å². The van der Waals surface area contributed by atoms with Gasteiger partial charge in [-0.1, -0.05) is 41.9 Å². The lowest BCUT2D eigenvalue weighted by Gasteiger charge is -2.06. The quantitative estimate of drug-likeness (QED) is 0.744. The highest BCUT2D eigenvalue weighted by Crippen LogP contribution is 2.29. The van der Waals surface area contributed by atoms with Crippen molar-refractivity contribution in [2.45, 2.75) is 0 Å². The van der Waals surface area contributed by atoms with Gasteiger partial charge < -0.3 is 10.1 Å². The minimum atomic E-state index is -0.217. The van der Waals surface area contributed by atoms with Crippen LogP contribution < -0.4 is 10.1 Å². The summed E-state index contributed by atoms with van der Waals surface area (Å²) in [7, 11) is 1.54. The summed E-state index contributed by atoms with van der Waals surface area (Å²) < 4.78 is 5.09. The van der Waals surface area contributed by atoms with Crippen molar-refractivity contribution in [2.75, 3.05) is 12.4 Å². The van der Waals surface area contributed by atoms with E-state index in [2.05, 4.69) is 10.3 Å². The maximum absolute atomic E-state index is 12.3. The first-order chi connectivity index (χ1) is 11.2. The van der Waals surface area contributed by atoms with Crippen molar-refractivity contribution in [1.82, 2.24) is 4.98 Å². The largest absolute Gasteiger partial charge is 0.495 e. The van der Waals surface area contributed by atoms with E-state index in [1.165, 1.54) is 11.3 Å². The number of rotatable bonds is 4. The first kappa shape index (κ1) is 15.5. The third-order valence-electron chi connectivity index (χ3n) is 3.16. The van der Waals surface area contributed by atoms with Crippen molar-refractivity contribution in [3.63, 3.8) is 0 Å². The zero-order chi connectivity index (χ0) is 16.2. The van der Waals surface area contributed by atoms with E-state index in [9.17, 15) is 4.79 Å². The average Bonchev–Trinajstić information content (AvgIpc) is 3.06. The fraction of sp³-hybridized carbons (Fsp3) is 0.0588. The normalized spacial score (nSPS) is 10.3. The number of nitrogens with one attached hydrogen (secondary N) is 1. The molecule has 0 aliphatic heterocycles. The molecule has 0 aliphatic carbocycles. The van der Waals surface area contributed by atoms with Gasteiger partial charge in [0, 0.05) is 11.3 Å². The van der Waals surface area contributed by atoms with Gasteiger partial charge in [0.05, 0.1) is 18.3 Å². The summed E-state index contributed by atoms with van der Waals surface area (Å²) in [5.74, 6) is 0.347. The van der Waals surface area contributed by atoms with Gasteiger partial charge in [0.15, 0.2) is 0 Å². The Morgan fingerprint density at radius 3 is 2.70 bits per heavy atom. The fourth-order valence-electron chi connectivity index (χ4n) is 2.03. The lowest BCUT2D eigenvalue weighted by Crippen LogP contribution is -2.10. The molecular weight excluding hydrogens is 332 g/mol. The van der Waals surface area contributed by atoms with Crippen molar-refractivity contribution in [2.24, 2.45) is 0 Å². The molecule has 23 heavy (non-hydrogen) atoms. The zero-order valence-electron chi connectivity index (χ0n) is 12.2. The van der Waals surface area contributed by atoms with E-state index in [0.717, 1.165) is 10.6 Å². The van der Waals surface area contributed by atoms with Gasteiger partial charge in [-0.05, 0) is 18.2 Å². The Kier molecular flexibility index (Phi) is 4.60. The van der Waals surface area contributed by atoms with Crippen molar-refractivity contribution in [1.29, 1.82) is 0 Å². The summed E-state index contributed by atoms with van der Waals surface area (Å²) >= 11 is 7.40. The van der Waals surface area contributed by atoms with Crippen LogP contribution in [0.3, 0.4) is 0 Å². The number of benzene rings is 2. The first-order valence-electron chi connectivity index (χ1n) is 6.83. The van der Waals surface area contributed by atoms with Gasteiger partial charge in [0.1, 0.15) is 15.6 Å². The second kappa shape index (κ2) is 6.81. The summed E-state index contributed by atoms with van der Waals surface area (Å²) in [5.41, 5.74) is 1.60. The Morgan fingerprint density at radius 2 is 2.00 bits per heavy atom. The number of amides is 1. The molecule has 0 radical (unpaired) electrons. The zero-order valence-corrected chi connectivity index (χ0v) is 13.8. The molecule has 2 aromatic carbocycles. The van der Waals surface area contributed by atoms with E-state index in [4.69, 9.17) is 16.3 Å². The number of thiazole rings is 1. The lowest BCUT2D eigenvalue weighted by atomic mass is 10.2. The third kappa shape index (κ3) is 3.52. The van der Waals surface area contributed by atoms with E-state index in [1.807, 2.05) is 30.3 Å². The van der Waals surface area contributed by atoms with Gasteiger partial charge in [-0.15, -0.1) is 11.3 Å². The molecule has 116 valence electrons. The molecule has 1 N–H and O–H groups in total. The molecule has 0 bridgehead atoms. The predicted molar refractivity (Wildman–Crippen MR) is 93.5 cm³/mol. The minimum absolute atomic E-state index is 0.217. The highest BCUT2D eigenvalue weighted by atomic mass is 35.5. The Labute approximate surface area is 142 Å². The van der Waals surface area contributed by atoms with Gasteiger partial charge >= 0.3 is 0 Å². The second-order valence-electron chi connectivity index (χ2n) is 4.70. The molecule has 1 heterocycles. The standard InChI is InChI=1S/C17H13ClN2O2S/c1-22-14-8-7-12(9-13(14)18)20-16(21)15-10-19-17(23-15)11-5-3-2-4-6-11/h2-10H,1H3,(H,20,21). The second-order valence-corrected chi connectivity index (χ2v) is 6.14. The van der Waals surface area contributed by atoms with Crippen LogP contribution in [-0.4, -0.2) is 18.0 Å². The van der Waals surface area contributed by atoms with Crippen LogP contribution in [0.1, 0.15) is 9.67 Å². The van der Waals surface area contributed by atoms with E-state index in [1.54, 1.807) is 31.5 Å². The molecule has 0 atom stereocenters. The summed E-state index contributed by atoms with van der Waals surface area (Å²) in [6.45, 7) is 0. The smallest absolute Gasteiger partial charge is 0.267 e. The minimum Gasteiger partial charge on any atom is -0.495 e. The molecule has 3 rings (SSSR count). The van der Waals surface area contributed by atoms with Crippen LogP contribution >= 0.6 is 22.9 Å². The molecule has 0 saturated heterocycles. The Hall–Kier alpha value is -2.37. The molecule has 3 aromatic rings. The first-order valence-corrected chi connectivity index (χ1v) is 8.03. The van der Waals surface area contributed by atoms with Crippen LogP contribution in [0.25, 0.3) is 10.6 Å². The number of methoxy groups -OCH3 is 1. The molecule has 0 fully saturated rings. The molecule has 0 unspecified atom stereocenters. The van der Waals surface area contributed by atoms with Crippen molar-refractivity contribution < 1.29 is 9.53 Å². The molecule has 0 spiro atoms. The van der Waals surface area contributed by atoms with Crippen LogP contribution in [0.5, 0.6) is 5.75 Å². The highest BCUT2D eigenvalue weighted by molar-refractivity contribution is 7.17. The average molecular weight is 345 g/mol. The number of anilines is 1. The SMILES string of the molecule is COc1ccc(NC(=O)c2cnc(-c3ccccc3)s2)cc1Cl. The van der Waals surface area contributed by atoms with E-state index < -0.39 is 0 Å². The number of hydrogen-bond acceptors (Lipinski definition) is 4. The molecule has 0 saturated carbocycles. The number of carbonyl (C=O) groups is 1. The van der Waals surface area contributed by atoms with Crippen LogP contribution in [0.4, 0.5) is 5.69 Å². The van der Waals surface area contributed by atoms with Gasteiger partial charge in [-0.25, -0.2) is 4.98 Å². The van der Waals surface area contributed by atoms with Crippen LogP contribution in [0, 0.1) is 0 Å². The molecule has 0 aliphatic rings. The number of nitrogens with zero attached hydrogens (tertiary/aromatic N) is 1. The maximum Gasteiger partial charge on any atom is 0.267 e. The fourth-order valence-corrected chi connectivity index (χ4v) is 3.10. The highest BCUT2D eigenvalue weighted by Gasteiger charge is 2.12. The summed E-state index contributed by atoms with van der Waals surface area (Å²) in [4.78, 5) is 17.2. The molecule has 6 heteroatoms. The van der Waals surface area contributed by atoms with Crippen molar-refractivity contribution in [3.05, 3.63) is 64.6 Å². The predicted octanol–water partition coefficient (Wildman–Crippen LogP) is 4.72. The van der Waals surface area contributed by atoms with Gasteiger partial charge in [0.25, 0.3) is 5.91 Å². The van der Waals surface area contributed by atoms with E-state index in [-0.39, 0.29) is 5.91 Å². The Balaban J connectivity index is 1.76. The van der Waals surface area contributed by atoms with Crippen molar-refractivity contribution in [3.8, 4) is 16.3 Å². The molecule has 1 aromatic heterocycles. The van der Waals surface area contributed by atoms with Gasteiger partial charge in [0.2, 0.25) is 0 Å².